The summed E-state index contributed by atoms with van der Waals surface area (Å²) >= 11 is 0. The lowest BCUT2D eigenvalue weighted by Gasteiger charge is -2.20. The van der Waals surface area contributed by atoms with Gasteiger partial charge in [0.2, 0.25) is 0 Å². The number of anilines is 2. The van der Waals surface area contributed by atoms with Gasteiger partial charge in [-0.25, -0.2) is 0 Å². The Morgan fingerprint density at radius 1 is 1.33 bits per heavy atom. The monoisotopic (exact) mass is 206 g/mol. The van der Waals surface area contributed by atoms with Gasteiger partial charge in [-0.2, -0.15) is 0 Å². The van der Waals surface area contributed by atoms with Gasteiger partial charge in [0.15, 0.2) is 0 Å². The van der Waals surface area contributed by atoms with Gasteiger partial charge in [0.25, 0.3) is 0 Å². The standard InChI is InChI=1S/C11H18N4/c1-8(9-4-2-3-5-9)13-11-7-6-10(12)14-15-11/h6-9H,2-5H2,1H3,(H2,12,14)(H,13,15). The molecule has 1 aromatic heterocycles. The highest BCUT2D eigenvalue weighted by Crippen LogP contribution is 2.28. The Morgan fingerprint density at radius 2 is 2.07 bits per heavy atom. The molecule has 1 aromatic rings. The summed E-state index contributed by atoms with van der Waals surface area (Å²) in [4.78, 5) is 0. The fourth-order valence-electron chi connectivity index (χ4n) is 2.23. The van der Waals surface area contributed by atoms with Crippen LogP contribution in [0.3, 0.4) is 0 Å². The maximum Gasteiger partial charge on any atom is 0.149 e. The van der Waals surface area contributed by atoms with E-state index < -0.39 is 0 Å². The average molecular weight is 206 g/mol. The number of hydrogen-bond acceptors (Lipinski definition) is 4. The maximum atomic E-state index is 5.48. The molecule has 4 heteroatoms. The van der Waals surface area contributed by atoms with Gasteiger partial charge in [-0.15, -0.1) is 10.2 Å². The molecule has 0 aliphatic heterocycles. The smallest absolute Gasteiger partial charge is 0.149 e. The molecule has 1 fully saturated rings. The molecule has 1 aliphatic carbocycles. The minimum absolute atomic E-state index is 0.467. The fourth-order valence-corrected chi connectivity index (χ4v) is 2.23. The van der Waals surface area contributed by atoms with E-state index in [2.05, 4.69) is 22.4 Å². The number of nitrogen functional groups attached to an aromatic ring is 1. The summed E-state index contributed by atoms with van der Waals surface area (Å²) in [7, 11) is 0. The first-order chi connectivity index (χ1) is 7.25. The third kappa shape index (κ3) is 2.58. The van der Waals surface area contributed by atoms with Crippen LogP contribution in [-0.2, 0) is 0 Å². The molecule has 1 unspecified atom stereocenters. The molecule has 1 heterocycles. The summed E-state index contributed by atoms with van der Waals surface area (Å²) in [5.74, 6) is 2.07. The Balaban J connectivity index is 1.92. The number of aromatic nitrogens is 2. The minimum atomic E-state index is 0.467. The van der Waals surface area contributed by atoms with Crippen molar-refractivity contribution in [2.24, 2.45) is 5.92 Å². The van der Waals surface area contributed by atoms with E-state index in [-0.39, 0.29) is 0 Å². The zero-order valence-corrected chi connectivity index (χ0v) is 9.11. The lowest BCUT2D eigenvalue weighted by Crippen LogP contribution is -2.24. The van der Waals surface area contributed by atoms with Crippen molar-refractivity contribution in [2.45, 2.75) is 38.6 Å². The summed E-state index contributed by atoms with van der Waals surface area (Å²) < 4.78 is 0. The highest BCUT2D eigenvalue weighted by molar-refractivity contribution is 5.39. The molecule has 1 atom stereocenters. The SMILES string of the molecule is CC(Nc1ccc(N)nn1)C1CCCC1. The zero-order valence-electron chi connectivity index (χ0n) is 9.11. The number of nitrogens with zero attached hydrogens (tertiary/aromatic N) is 2. The summed E-state index contributed by atoms with van der Waals surface area (Å²) in [6, 6.07) is 4.13. The van der Waals surface area contributed by atoms with E-state index in [1.807, 2.05) is 6.07 Å². The van der Waals surface area contributed by atoms with Gasteiger partial charge in [-0.05, 0) is 37.8 Å². The third-order valence-corrected chi connectivity index (χ3v) is 3.17. The maximum absolute atomic E-state index is 5.48. The Kier molecular flexibility index (Phi) is 3.04. The van der Waals surface area contributed by atoms with E-state index >= 15 is 0 Å². The largest absolute Gasteiger partial charge is 0.382 e. The van der Waals surface area contributed by atoms with Crippen LogP contribution in [0.2, 0.25) is 0 Å². The van der Waals surface area contributed by atoms with Crippen molar-refractivity contribution >= 4 is 11.6 Å². The molecule has 0 aromatic carbocycles. The molecule has 1 saturated carbocycles. The predicted molar refractivity (Wildman–Crippen MR) is 61.5 cm³/mol. The highest BCUT2D eigenvalue weighted by Gasteiger charge is 2.21. The van der Waals surface area contributed by atoms with E-state index in [9.17, 15) is 0 Å². The quantitative estimate of drug-likeness (QED) is 0.794. The van der Waals surface area contributed by atoms with E-state index in [0.717, 1.165) is 11.7 Å². The highest BCUT2D eigenvalue weighted by atomic mass is 15.2. The van der Waals surface area contributed by atoms with E-state index in [4.69, 9.17) is 5.73 Å². The molecule has 15 heavy (non-hydrogen) atoms. The summed E-state index contributed by atoms with van der Waals surface area (Å²) in [6.45, 7) is 2.22. The molecule has 0 amide bonds. The predicted octanol–water partition coefficient (Wildman–Crippen LogP) is 2.05. The molecular weight excluding hydrogens is 188 g/mol. The summed E-state index contributed by atoms with van der Waals surface area (Å²) in [5, 5.41) is 11.2. The van der Waals surface area contributed by atoms with Crippen molar-refractivity contribution in [3.8, 4) is 0 Å². The second-order valence-electron chi connectivity index (χ2n) is 4.32. The van der Waals surface area contributed by atoms with Gasteiger partial charge in [0, 0.05) is 6.04 Å². The van der Waals surface area contributed by atoms with Gasteiger partial charge in [0.1, 0.15) is 11.6 Å². The first kappa shape index (κ1) is 10.2. The first-order valence-corrected chi connectivity index (χ1v) is 5.61. The van der Waals surface area contributed by atoms with Crippen LogP contribution in [0.1, 0.15) is 32.6 Å². The molecule has 82 valence electrons. The van der Waals surface area contributed by atoms with Crippen molar-refractivity contribution in [2.75, 3.05) is 11.1 Å². The van der Waals surface area contributed by atoms with E-state index in [1.54, 1.807) is 6.07 Å². The van der Waals surface area contributed by atoms with Crippen LogP contribution in [0.5, 0.6) is 0 Å². The number of nitrogens with one attached hydrogen (secondary N) is 1. The van der Waals surface area contributed by atoms with Crippen molar-refractivity contribution in [1.82, 2.24) is 10.2 Å². The van der Waals surface area contributed by atoms with Crippen molar-refractivity contribution in [3.63, 3.8) is 0 Å². The molecule has 1 aliphatic rings. The molecule has 0 saturated heterocycles. The van der Waals surface area contributed by atoms with Crippen LogP contribution < -0.4 is 11.1 Å². The third-order valence-electron chi connectivity index (χ3n) is 3.17. The fraction of sp³-hybridized carbons (Fsp3) is 0.636. The minimum Gasteiger partial charge on any atom is -0.382 e. The number of hydrogen-bond donors (Lipinski definition) is 2. The Bertz CT molecular complexity index is 303. The van der Waals surface area contributed by atoms with Crippen molar-refractivity contribution < 1.29 is 0 Å². The van der Waals surface area contributed by atoms with Gasteiger partial charge >= 0.3 is 0 Å². The molecule has 3 N–H and O–H groups in total. The van der Waals surface area contributed by atoms with Crippen LogP contribution in [0.15, 0.2) is 12.1 Å². The van der Waals surface area contributed by atoms with Crippen LogP contribution in [0.4, 0.5) is 11.6 Å². The average Bonchev–Trinajstić information content (AvgIpc) is 2.74. The van der Waals surface area contributed by atoms with Gasteiger partial charge < -0.3 is 11.1 Å². The second kappa shape index (κ2) is 4.47. The van der Waals surface area contributed by atoms with Gasteiger partial charge in [0.05, 0.1) is 0 Å². The van der Waals surface area contributed by atoms with Crippen LogP contribution in [0.25, 0.3) is 0 Å². The Labute approximate surface area is 90.3 Å². The molecule has 4 nitrogen and oxygen atoms in total. The zero-order chi connectivity index (χ0) is 10.7. The molecule has 0 spiro atoms. The number of rotatable bonds is 3. The van der Waals surface area contributed by atoms with E-state index in [1.165, 1.54) is 25.7 Å². The second-order valence-corrected chi connectivity index (χ2v) is 4.32. The van der Waals surface area contributed by atoms with Gasteiger partial charge in [-0.1, -0.05) is 12.8 Å². The molecule has 2 rings (SSSR count). The van der Waals surface area contributed by atoms with E-state index in [0.29, 0.717) is 11.9 Å². The van der Waals surface area contributed by atoms with Crippen LogP contribution >= 0.6 is 0 Å². The normalized spacial score (nSPS) is 19.0. The topological polar surface area (TPSA) is 63.8 Å². The van der Waals surface area contributed by atoms with Crippen molar-refractivity contribution in [1.29, 1.82) is 0 Å². The Morgan fingerprint density at radius 3 is 2.67 bits per heavy atom. The van der Waals surface area contributed by atoms with Crippen LogP contribution in [-0.4, -0.2) is 16.2 Å². The first-order valence-electron chi connectivity index (χ1n) is 5.61. The number of nitrogens with two attached hydrogens (primary N) is 1. The molecule has 0 radical (unpaired) electrons. The summed E-state index contributed by atoms with van der Waals surface area (Å²) in [5.41, 5.74) is 5.48. The summed E-state index contributed by atoms with van der Waals surface area (Å²) in [6.07, 6.45) is 5.39. The Hall–Kier alpha value is -1.32. The van der Waals surface area contributed by atoms with Gasteiger partial charge in [-0.3, -0.25) is 0 Å². The molecular formula is C11H18N4. The van der Waals surface area contributed by atoms with Crippen molar-refractivity contribution in [3.05, 3.63) is 12.1 Å². The lowest BCUT2D eigenvalue weighted by atomic mass is 10.00. The van der Waals surface area contributed by atoms with Crippen LogP contribution in [0, 0.1) is 5.92 Å². The lowest BCUT2D eigenvalue weighted by molar-refractivity contribution is 0.481. The molecule has 0 bridgehead atoms.